The highest BCUT2D eigenvalue weighted by molar-refractivity contribution is 5.93. The predicted molar refractivity (Wildman–Crippen MR) is 130 cm³/mol. The van der Waals surface area contributed by atoms with Gasteiger partial charge in [0.05, 0.1) is 25.0 Å². The molecule has 0 radical (unpaired) electrons. The predicted octanol–water partition coefficient (Wildman–Crippen LogP) is 4.57. The van der Waals surface area contributed by atoms with Crippen molar-refractivity contribution in [3.63, 3.8) is 0 Å². The van der Waals surface area contributed by atoms with Crippen molar-refractivity contribution in [2.75, 3.05) is 32.2 Å². The van der Waals surface area contributed by atoms with Crippen LogP contribution in [-0.2, 0) is 9.53 Å². The van der Waals surface area contributed by atoms with E-state index in [1.807, 2.05) is 36.4 Å². The second-order valence-corrected chi connectivity index (χ2v) is 7.80. The molecule has 2 aromatic carbocycles. The minimum Gasteiger partial charge on any atom is -0.490 e. The quantitative estimate of drug-likeness (QED) is 0.276. The van der Waals surface area contributed by atoms with Crippen molar-refractivity contribution >= 4 is 39.3 Å². The molecule has 0 saturated heterocycles. The zero-order chi connectivity index (χ0) is 23.8. The average molecular weight is 465 g/mol. The van der Waals surface area contributed by atoms with E-state index in [1.165, 1.54) is 6.33 Å². The number of rotatable bonds is 13. The molecule has 0 unspecified atom stereocenters. The minimum atomic E-state index is -0.281. The number of nitrogens with one attached hydrogen (secondary N) is 1. The normalized spacial score (nSPS) is 11.1. The smallest absolute Gasteiger partial charge is 0.217 e. The summed E-state index contributed by atoms with van der Waals surface area (Å²) in [4.78, 5) is 19.8. The number of hydrogen-bond acceptors (Lipinski definition) is 8. The van der Waals surface area contributed by atoms with E-state index in [9.17, 15) is 4.79 Å². The lowest BCUT2D eigenvalue weighted by molar-refractivity contribution is -0.118. The number of nitrogens with two attached hydrogens (primary N) is 1. The van der Waals surface area contributed by atoms with Crippen LogP contribution in [0.4, 0.5) is 11.5 Å². The van der Waals surface area contributed by atoms with Gasteiger partial charge < -0.3 is 29.7 Å². The van der Waals surface area contributed by atoms with E-state index >= 15 is 0 Å². The second kappa shape index (κ2) is 11.3. The molecule has 4 rings (SSSR count). The van der Waals surface area contributed by atoms with Gasteiger partial charge in [-0.15, -0.1) is 0 Å². The Hall–Kier alpha value is -3.85. The first-order valence-electron chi connectivity index (χ1n) is 11.2. The molecular weight excluding hydrogens is 436 g/mol. The summed E-state index contributed by atoms with van der Waals surface area (Å²) in [5, 5.41) is 5.17. The maximum Gasteiger partial charge on any atom is 0.217 e. The molecule has 0 aliphatic carbocycles. The van der Waals surface area contributed by atoms with Crippen LogP contribution in [0, 0.1) is 0 Å². The van der Waals surface area contributed by atoms with E-state index in [0.29, 0.717) is 43.6 Å². The third kappa shape index (κ3) is 5.93. The molecule has 2 heterocycles. The van der Waals surface area contributed by atoms with E-state index in [4.69, 9.17) is 24.4 Å². The van der Waals surface area contributed by atoms with Crippen molar-refractivity contribution in [2.45, 2.75) is 25.7 Å². The summed E-state index contributed by atoms with van der Waals surface area (Å²) < 4.78 is 22.5. The molecule has 0 aliphatic heterocycles. The number of furan rings is 1. The fraction of sp³-hybridized carbons (Fsp3) is 0.320. The first kappa shape index (κ1) is 23.3. The lowest BCUT2D eigenvalue weighted by atomic mass is 10.2. The SMILES string of the molecule is COCCOc1cc2ncnc(Nc3ccc4occc4c3)c2cc1OCCCCCC(N)=O. The van der Waals surface area contributed by atoms with Crippen LogP contribution in [-0.4, -0.2) is 42.8 Å². The van der Waals surface area contributed by atoms with Gasteiger partial charge in [-0.05, 0) is 49.6 Å². The minimum absolute atomic E-state index is 0.281. The number of fused-ring (bicyclic) bond motifs is 2. The highest BCUT2D eigenvalue weighted by Gasteiger charge is 2.13. The molecule has 1 amide bonds. The molecule has 0 bridgehead atoms. The van der Waals surface area contributed by atoms with Crippen LogP contribution in [0.25, 0.3) is 21.9 Å². The van der Waals surface area contributed by atoms with E-state index in [1.54, 1.807) is 13.4 Å². The van der Waals surface area contributed by atoms with Gasteiger partial charge in [-0.3, -0.25) is 4.79 Å². The third-order valence-electron chi connectivity index (χ3n) is 5.29. The molecule has 3 N–H and O–H groups in total. The Morgan fingerprint density at radius 3 is 2.71 bits per heavy atom. The number of nitrogens with zero attached hydrogens (tertiary/aromatic N) is 2. The maximum absolute atomic E-state index is 10.9. The number of hydrogen-bond donors (Lipinski definition) is 2. The van der Waals surface area contributed by atoms with Crippen LogP contribution in [0.1, 0.15) is 25.7 Å². The topological polar surface area (TPSA) is 122 Å². The molecule has 0 saturated carbocycles. The number of amides is 1. The van der Waals surface area contributed by atoms with Crippen molar-refractivity contribution < 1.29 is 23.4 Å². The second-order valence-electron chi connectivity index (χ2n) is 7.80. The van der Waals surface area contributed by atoms with Gasteiger partial charge in [0.2, 0.25) is 5.91 Å². The van der Waals surface area contributed by atoms with Gasteiger partial charge in [0.25, 0.3) is 0 Å². The number of ether oxygens (including phenoxy) is 3. The summed E-state index contributed by atoms with van der Waals surface area (Å²) in [6, 6.07) is 11.5. The van der Waals surface area contributed by atoms with Gasteiger partial charge in [-0.25, -0.2) is 9.97 Å². The number of methoxy groups -OCH3 is 1. The summed E-state index contributed by atoms with van der Waals surface area (Å²) in [6.07, 6.45) is 5.96. The monoisotopic (exact) mass is 464 g/mol. The van der Waals surface area contributed by atoms with Gasteiger partial charge in [0, 0.05) is 36.1 Å². The molecular formula is C25H28N4O5. The molecule has 0 fully saturated rings. The first-order chi connectivity index (χ1) is 16.6. The molecule has 0 atom stereocenters. The molecule has 34 heavy (non-hydrogen) atoms. The van der Waals surface area contributed by atoms with Crippen LogP contribution in [0.2, 0.25) is 0 Å². The Bertz CT molecular complexity index is 1260. The summed E-state index contributed by atoms with van der Waals surface area (Å²) in [7, 11) is 1.62. The largest absolute Gasteiger partial charge is 0.490 e. The Labute approximate surface area is 197 Å². The molecule has 2 aromatic heterocycles. The Kier molecular flexibility index (Phi) is 7.77. The van der Waals surface area contributed by atoms with Crippen LogP contribution >= 0.6 is 0 Å². The number of anilines is 2. The van der Waals surface area contributed by atoms with Gasteiger partial charge in [-0.2, -0.15) is 0 Å². The number of carbonyl (C=O) groups is 1. The highest BCUT2D eigenvalue weighted by Crippen LogP contribution is 2.35. The van der Waals surface area contributed by atoms with Crippen molar-refractivity contribution in [1.29, 1.82) is 0 Å². The Morgan fingerprint density at radius 2 is 1.85 bits per heavy atom. The van der Waals surface area contributed by atoms with Gasteiger partial charge in [0.15, 0.2) is 11.5 Å². The summed E-state index contributed by atoms with van der Waals surface area (Å²) in [5.74, 6) is 1.56. The summed E-state index contributed by atoms with van der Waals surface area (Å²) in [5.41, 5.74) is 7.63. The molecule has 178 valence electrons. The van der Waals surface area contributed by atoms with Gasteiger partial charge in [-0.1, -0.05) is 0 Å². The molecule has 0 spiro atoms. The Balaban J connectivity index is 1.55. The van der Waals surface area contributed by atoms with Crippen LogP contribution in [0.3, 0.4) is 0 Å². The van der Waals surface area contributed by atoms with Crippen molar-refractivity contribution in [3.8, 4) is 11.5 Å². The van der Waals surface area contributed by atoms with E-state index in [0.717, 1.165) is 46.8 Å². The maximum atomic E-state index is 10.9. The fourth-order valence-corrected chi connectivity index (χ4v) is 3.57. The third-order valence-corrected chi connectivity index (χ3v) is 5.29. The summed E-state index contributed by atoms with van der Waals surface area (Å²) >= 11 is 0. The standard InChI is InChI=1S/C25H28N4O5/c1-31-11-12-34-23-15-20-19(14-22(23)32-9-4-2-3-5-24(26)30)25(28-16-27-20)29-18-6-7-21-17(13-18)8-10-33-21/h6-8,10,13-16H,2-5,9,11-12H2,1H3,(H2,26,30)(H,27,28,29). The van der Waals surface area contributed by atoms with E-state index in [-0.39, 0.29) is 5.91 Å². The van der Waals surface area contributed by atoms with Crippen molar-refractivity contribution in [2.24, 2.45) is 5.73 Å². The zero-order valence-electron chi connectivity index (χ0n) is 19.1. The fourth-order valence-electron chi connectivity index (χ4n) is 3.57. The zero-order valence-corrected chi connectivity index (χ0v) is 19.1. The molecule has 9 nitrogen and oxygen atoms in total. The van der Waals surface area contributed by atoms with E-state index in [2.05, 4.69) is 15.3 Å². The number of benzene rings is 2. The lowest BCUT2D eigenvalue weighted by Gasteiger charge is -2.15. The van der Waals surface area contributed by atoms with Crippen molar-refractivity contribution in [3.05, 3.63) is 49.0 Å². The first-order valence-corrected chi connectivity index (χ1v) is 11.2. The van der Waals surface area contributed by atoms with Gasteiger partial charge in [0.1, 0.15) is 24.3 Å². The molecule has 0 aliphatic rings. The number of unbranched alkanes of at least 4 members (excludes halogenated alkanes) is 2. The number of carbonyl (C=O) groups excluding carboxylic acids is 1. The van der Waals surface area contributed by atoms with Crippen LogP contribution < -0.4 is 20.5 Å². The molecule has 4 aromatic rings. The molecule has 9 heteroatoms. The van der Waals surface area contributed by atoms with E-state index < -0.39 is 0 Å². The number of primary amides is 1. The number of aromatic nitrogens is 2. The van der Waals surface area contributed by atoms with Crippen LogP contribution in [0.5, 0.6) is 11.5 Å². The lowest BCUT2D eigenvalue weighted by Crippen LogP contribution is -2.10. The van der Waals surface area contributed by atoms with Crippen molar-refractivity contribution in [1.82, 2.24) is 9.97 Å². The highest BCUT2D eigenvalue weighted by atomic mass is 16.5. The average Bonchev–Trinajstić information content (AvgIpc) is 3.29. The Morgan fingerprint density at radius 1 is 1.00 bits per heavy atom. The van der Waals surface area contributed by atoms with Gasteiger partial charge >= 0.3 is 0 Å². The summed E-state index contributed by atoms with van der Waals surface area (Å²) in [6.45, 7) is 1.33. The van der Waals surface area contributed by atoms with Crippen LogP contribution in [0.15, 0.2) is 53.4 Å².